The molecule has 0 amide bonds. The maximum absolute atomic E-state index is 13.7. The molecule has 0 spiro atoms. The summed E-state index contributed by atoms with van der Waals surface area (Å²) < 4.78 is 10.9. The Bertz CT molecular complexity index is 1030. The van der Waals surface area contributed by atoms with Crippen LogP contribution >= 0.6 is 0 Å². The quantitative estimate of drug-likeness (QED) is 0.387. The fourth-order valence-corrected chi connectivity index (χ4v) is 5.53. The van der Waals surface area contributed by atoms with E-state index in [0.29, 0.717) is 28.8 Å². The fraction of sp³-hybridized carbons (Fsp3) is 0.519. The van der Waals surface area contributed by atoms with E-state index in [1.807, 2.05) is 13.8 Å². The van der Waals surface area contributed by atoms with Gasteiger partial charge in [0.25, 0.3) is 0 Å². The zero-order valence-electron chi connectivity index (χ0n) is 20.1. The van der Waals surface area contributed by atoms with Gasteiger partial charge in [-0.3, -0.25) is 9.59 Å². The number of rotatable bonds is 4. The van der Waals surface area contributed by atoms with Crippen LogP contribution in [0.5, 0.6) is 5.75 Å². The van der Waals surface area contributed by atoms with Crippen molar-refractivity contribution < 1.29 is 29.0 Å². The van der Waals surface area contributed by atoms with E-state index in [9.17, 15) is 19.5 Å². The van der Waals surface area contributed by atoms with Crippen LogP contribution in [0.4, 0.5) is 0 Å². The minimum Gasteiger partial charge on any atom is -0.508 e. The summed E-state index contributed by atoms with van der Waals surface area (Å²) in [6.45, 7) is 3.68. The third kappa shape index (κ3) is 4.61. The number of ether oxygens (including phenoxy) is 2. The normalized spacial score (nSPS) is 25.9. The molecule has 2 N–H and O–H groups in total. The number of allylic oxidation sites excluding steroid dienone is 3. The Balaban J connectivity index is 1.76. The lowest BCUT2D eigenvalue weighted by Crippen LogP contribution is -2.43. The van der Waals surface area contributed by atoms with E-state index in [4.69, 9.17) is 9.47 Å². The first-order chi connectivity index (χ1) is 16.3. The summed E-state index contributed by atoms with van der Waals surface area (Å²) in [5.41, 5.74) is 2.83. The van der Waals surface area contributed by atoms with Crippen LogP contribution in [0.3, 0.4) is 0 Å². The Morgan fingerprint density at radius 3 is 2.32 bits per heavy atom. The number of phenols is 1. The van der Waals surface area contributed by atoms with Crippen LogP contribution in [0.1, 0.15) is 70.3 Å². The highest BCUT2D eigenvalue weighted by molar-refractivity contribution is 6.12. The van der Waals surface area contributed by atoms with Gasteiger partial charge in [0.1, 0.15) is 17.8 Å². The third-order valence-corrected chi connectivity index (χ3v) is 7.27. The van der Waals surface area contributed by atoms with E-state index in [1.165, 1.54) is 19.2 Å². The minimum atomic E-state index is -0.928. The topological polar surface area (TPSA) is 102 Å². The molecule has 7 nitrogen and oxygen atoms in total. The van der Waals surface area contributed by atoms with Gasteiger partial charge in [-0.05, 0) is 62.6 Å². The van der Waals surface area contributed by atoms with E-state index in [1.54, 1.807) is 12.1 Å². The third-order valence-electron chi connectivity index (χ3n) is 7.27. The highest BCUT2D eigenvalue weighted by atomic mass is 16.5. The molecular formula is C27H33NO6. The van der Waals surface area contributed by atoms with Gasteiger partial charge < -0.3 is 19.9 Å². The summed E-state index contributed by atoms with van der Waals surface area (Å²) >= 11 is 0. The lowest BCUT2D eigenvalue weighted by atomic mass is 9.69. The molecule has 0 saturated heterocycles. The van der Waals surface area contributed by atoms with Crippen molar-refractivity contribution in [3.05, 3.63) is 52.4 Å². The van der Waals surface area contributed by atoms with Gasteiger partial charge in [0.2, 0.25) is 0 Å². The van der Waals surface area contributed by atoms with Crippen LogP contribution in [0.15, 0.2) is 46.8 Å². The minimum absolute atomic E-state index is 0.0891. The van der Waals surface area contributed by atoms with Crippen molar-refractivity contribution in [3.8, 4) is 5.75 Å². The smallest absolute Gasteiger partial charge is 0.337 e. The average molecular weight is 468 g/mol. The Kier molecular flexibility index (Phi) is 7.10. The molecule has 1 fully saturated rings. The van der Waals surface area contributed by atoms with Gasteiger partial charge >= 0.3 is 11.9 Å². The maximum atomic E-state index is 13.7. The number of carbonyl (C=O) groups is 3. The molecule has 0 radical (unpaired) electrons. The number of nitrogens with one attached hydrogen (secondary N) is 1. The maximum Gasteiger partial charge on any atom is 0.337 e. The van der Waals surface area contributed by atoms with E-state index in [0.717, 1.165) is 44.2 Å². The number of Topliss-reactive ketones (excluding diaryl/α,β-unsaturated/α-hetero) is 1. The second kappa shape index (κ2) is 10.0. The molecule has 0 unspecified atom stereocenters. The molecule has 34 heavy (non-hydrogen) atoms. The molecule has 1 aromatic rings. The first-order valence-corrected chi connectivity index (χ1v) is 12.1. The van der Waals surface area contributed by atoms with E-state index in [2.05, 4.69) is 5.32 Å². The molecule has 2 aliphatic carbocycles. The number of hydrogen-bond acceptors (Lipinski definition) is 7. The summed E-state index contributed by atoms with van der Waals surface area (Å²) in [4.78, 5) is 39.8. The zero-order chi connectivity index (χ0) is 24.4. The van der Waals surface area contributed by atoms with Crippen LogP contribution in [0.2, 0.25) is 0 Å². The van der Waals surface area contributed by atoms with Gasteiger partial charge in [-0.15, -0.1) is 0 Å². The summed E-state index contributed by atoms with van der Waals surface area (Å²) in [7, 11) is 1.28. The lowest BCUT2D eigenvalue weighted by molar-refractivity contribution is -0.151. The number of phenolic OH excluding ortho intramolecular Hbond substituents is 1. The summed E-state index contributed by atoms with van der Waals surface area (Å²) in [5, 5.41) is 13.1. The summed E-state index contributed by atoms with van der Waals surface area (Å²) in [5.74, 6) is -3.11. The molecule has 1 aliphatic heterocycles. The number of methoxy groups -OCH3 is 1. The number of aromatic hydroxyl groups is 1. The highest BCUT2D eigenvalue weighted by Gasteiger charge is 2.47. The summed E-state index contributed by atoms with van der Waals surface area (Å²) in [6.07, 6.45) is 6.36. The SMILES string of the molecule is COC(=O)[C@H]1C(=O)C2=C(C[C@@H]1C)NC(C)=C(C(=O)OC1CCCCCC1)[C@H]2c1ccc(O)cc1. The average Bonchev–Trinajstić information content (AvgIpc) is 3.07. The molecule has 1 aromatic carbocycles. The van der Waals surface area contributed by atoms with Gasteiger partial charge in [0, 0.05) is 22.9 Å². The largest absolute Gasteiger partial charge is 0.508 e. The fourth-order valence-electron chi connectivity index (χ4n) is 5.53. The van der Waals surface area contributed by atoms with E-state index in [-0.39, 0.29) is 23.6 Å². The van der Waals surface area contributed by atoms with Crippen molar-refractivity contribution in [2.75, 3.05) is 7.11 Å². The number of carbonyl (C=O) groups excluding carboxylic acids is 3. The van der Waals surface area contributed by atoms with Crippen molar-refractivity contribution in [1.82, 2.24) is 5.32 Å². The lowest BCUT2D eigenvalue weighted by Gasteiger charge is -2.38. The highest BCUT2D eigenvalue weighted by Crippen LogP contribution is 2.45. The van der Waals surface area contributed by atoms with Crippen molar-refractivity contribution in [3.63, 3.8) is 0 Å². The van der Waals surface area contributed by atoms with Gasteiger partial charge in [-0.25, -0.2) is 4.79 Å². The van der Waals surface area contributed by atoms with Crippen molar-refractivity contribution in [2.45, 2.75) is 70.8 Å². The predicted molar refractivity (Wildman–Crippen MR) is 126 cm³/mol. The number of ketones is 1. The first-order valence-electron chi connectivity index (χ1n) is 12.1. The number of esters is 2. The van der Waals surface area contributed by atoms with Crippen molar-refractivity contribution in [1.29, 1.82) is 0 Å². The van der Waals surface area contributed by atoms with Crippen LogP contribution in [0, 0.1) is 11.8 Å². The Morgan fingerprint density at radius 2 is 1.71 bits per heavy atom. The first kappa shape index (κ1) is 24.0. The van der Waals surface area contributed by atoms with E-state index >= 15 is 0 Å². The van der Waals surface area contributed by atoms with Gasteiger partial charge in [-0.2, -0.15) is 0 Å². The molecule has 4 rings (SSSR count). The number of dihydropyridines is 1. The van der Waals surface area contributed by atoms with Gasteiger partial charge in [0.15, 0.2) is 5.78 Å². The number of hydrogen-bond donors (Lipinski definition) is 2. The van der Waals surface area contributed by atoms with Crippen LogP contribution in [0.25, 0.3) is 0 Å². The van der Waals surface area contributed by atoms with Crippen molar-refractivity contribution >= 4 is 17.7 Å². The van der Waals surface area contributed by atoms with Crippen LogP contribution in [-0.4, -0.2) is 36.0 Å². The van der Waals surface area contributed by atoms with Crippen molar-refractivity contribution in [2.24, 2.45) is 11.8 Å². The number of benzene rings is 1. The molecule has 182 valence electrons. The van der Waals surface area contributed by atoms with Gasteiger partial charge in [0.05, 0.1) is 12.7 Å². The van der Waals surface area contributed by atoms with Gasteiger partial charge in [-0.1, -0.05) is 31.9 Å². The monoisotopic (exact) mass is 467 g/mol. The molecule has 1 heterocycles. The standard InChI is InChI=1S/C27H33NO6/c1-15-14-20-24(25(30)21(15)26(31)33-3)23(17-10-12-18(29)13-11-17)22(16(2)28-20)27(32)34-19-8-6-4-5-7-9-19/h10-13,15,19,21,23,28-29H,4-9,14H2,1-3H3/t15-,21+,23+/m0/s1. The predicted octanol–water partition coefficient (Wildman–Crippen LogP) is 4.27. The molecule has 3 atom stereocenters. The Morgan fingerprint density at radius 1 is 1.06 bits per heavy atom. The second-order valence-electron chi connectivity index (χ2n) is 9.65. The van der Waals surface area contributed by atoms with E-state index < -0.39 is 23.8 Å². The molecule has 3 aliphatic rings. The summed E-state index contributed by atoms with van der Waals surface area (Å²) in [6, 6.07) is 6.49. The molecule has 7 heteroatoms. The second-order valence-corrected chi connectivity index (χ2v) is 9.65. The Hall–Kier alpha value is -3.09. The van der Waals surface area contributed by atoms with Crippen LogP contribution < -0.4 is 5.32 Å². The molecule has 0 aromatic heterocycles. The Labute approximate surface area is 200 Å². The zero-order valence-corrected chi connectivity index (χ0v) is 20.1. The molecule has 1 saturated carbocycles. The van der Waals surface area contributed by atoms with Crippen LogP contribution in [-0.2, 0) is 23.9 Å². The molecular weight excluding hydrogens is 434 g/mol. The molecule has 0 bridgehead atoms.